The summed E-state index contributed by atoms with van der Waals surface area (Å²) in [6.07, 6.45) is 4.68. The van der Waals surface area contributed by atoms with Crippen molar-refractivity contribution in [3.8, 4) is 5.75 Å². The van der Waals surface area contributed by atoms with Gasteiger partial charge in [-0.1, -0.05) is 24.6 Å². The van der Waals surface area contributed by atoms with E-state index in [2.05, 4.69) is 12.2 Å². The molecule has 1 aromatic carbocycles. The number of para-hydroxylation sites is 1. The lowest BCUT2D eigenvalue weighted by atomic mass is 10.1. The third-order valence-electron chi connectivity index (χ3n) is 5.24. The van der Waals surface area contributed by atoms with Crippen LogP contribution < -0.4 is 10.1 Å². The van der Waals surface area contributed by atoms with Gasteiger partial charge in [-0.25, -0.2) is 0 Å². The van der Waals surface area contributed by atoms with Crippen LogP contribution in [0.4, 0.5) is 0 Å². The summed E-state index contributed by atoms with van der Waals surface area (Å²) in [5.74, 6) is 1.09. The molecule has 1 aliphatic heterocycles. The van der Waals surface area contributed by atoms with Crippen LogP contribution in [0, 0.1) is 0 Å². The fraction of sp³-hybridized carbons (Fsp3) is 0.619. The Kier molecular flexibility index (Phi) is 8.58. The molecule has 0 saturated carbocycles. The number of nitrogens with zero attached hydrogens (tertiary/aromatic N) is 2. The van der Waals surface area contributed by atoms with Crippen molar-refractivity contribution in [2.45, 2.75) is 45.1 Å². The molecule has 0 spiro atoms. The van der Waals surface area contributed by atoms with Gasteiger partial charge in [-0.15, -0.1) is 0 Å². The second-order valence-electron chi connectivity index (χ2n) is 7.23. The summed E-state index contributed by atoms with van der Waals surface area (Å²) < 4.78 is 5.42. The summed E-state index contributed by atoms with van der Waals surface area (Å²) >= 11 is 0. The molecule has 0 aliphatic carbocycles. The molecule has 1 N–H and O–H groups in total. The number of amides is 2. The van der Waals surface area contributed by atoms with E-state index in [1.165, 1.54) is 0 Å². The first-order valence-corrected chi connectivity index (χ1v) is 9.90. The first kappa shape index (κ1) is 21.2. The third kappa shape index (κ3) is 6.54. The molecule has 1 saturated heterocycles. The van der Waals surface area contributed by atoms with Crippen LogP contribution in [0.5, 0.6) is 5.75 Å². The van der Waals surface area contributed by atoms with E-state index < -0.39 is 0 Å². The van der Waals surface area contributed by atoms with Crippen LogP contribution in [0.25, 0.3) is 0 Å². The predicted molar refractivity (Wildman–Crippen MR) is 107 cm³/mol. The summed E-state index contributed by atoms with van der Waals surface area (Å²) in [6, 6.07) is 7.95. The Morgan fingerprint density at radius 2 is 2.07 bits per heavy atom. The quantitative estimate of drug-likeness (QED) is 0.674. The van der Waals surface area contributed by atoms with Crippen LogP contribution in [0.1, 0.15) is 50.6 Å². The second-order valence-corrected chi connectivity index (χ2v) is 7.23. The van der Waals surface area contributed by atoms with Gasteiger partial charge in [0.05, 0.1) is 13.7 Å². The maximum Gasteiger partial charge on any atom is 0.234 e. The molecule has 1 unspecified atom stereocenters. The minimum atomic E-state index is 0.00133. The number of likely N-dealkylation sites (N-methyl/N-ethyl adjacent to an activating group) is 1. The molecule has 0 aromatic heterocycles. The molecule has 27 heavy (non-hydrogen) atoms. The fourth-order valence-corrected chi connectivity index (χ4v) is 3.44. The smallest absolute Gasteiger partial charge is 0.234 e. The van der Waals surface area contributed by atoms with Crippen LogP contribution in [-0.4, -0.2) is 62.0 Å². The van der Waals surface area contributed by atoms with E-state index >= 15 is 0 Å². The summed E-state index contributed by atoms with van der Waals surface area (Å²) in [4.78, 5) is 28.2. The highest BCUT2D eigenvalue weighted by molar-refractivity contribution is 5.78. The van der Waals surface area contributed by atoms with E-state index in [0.717, 1.165) is 50.1 Å². The molecule has 1 aromatic rings. The van der Waals surface area contributed by atoms with Crippen molar-refractivity contribution in [1.82, 2.24) is 15.1 Å². The van der Waals surface area contributed by atoms with Gasteiger partial charge >= 0.3 is 0 Å². The minimum Gasteiger partial charge on any atom is -0.496 e. The fourth-order valence-electron chi connectivity index (χ4n) is 3.44. The standard InChI is InChI=1S/C21H33N3O3/c1-17(18-10-6-7-11-19(18)27-3)23(2)16-20(25)22-13-9-15-24-14-8-4-5-12-21(24)26/h6-7,10-11,17H,4-5,8-9,12-16H2,1-3H3,(H,22,25). The Bertz CT molecular complexity index is 620. The number of benzene rings is 1. The maximum atomic E-state index is 12.2. The number of methoxy groups -OCH3 is 1. The average Bonchev–Trinajstić information content (AvgIpc) is 2.88. The highest BCUT2D eigenvalue weighted by Crippen LogP contribution is 2.27. The summed E-state index contributed by atoms with van der Waals surface area (Å²) in [5, 5.41) is 2.97. The SMILES string of the molecule is COc1ccccc1C(C)N(C)CC(=O)NCCCN1CCCCCC1=O. The number of carbonyl (C=O) groups is 2. The Hall–Kier alpha value is -2.08. The number of nitrogens with one attached hydrogen (secondary N) is 1. The zero-order valence-corrected chi connectivity index (χ0v) is 16.9. The summed E-state index contributed by atoms with van der Waals surface area (Å²) in [7, 11) is 3.60. The largest absolute Gasteiger partial charge is 0.496 e. The van der Waals surface area contributed by atoms with E-state index in [9.17, 15) is 9.59 Å². The van der Waals surface area contributed by atoms with Gasteiger partial charge in [0.2, 0.25) is 11.8 Å². The zero-order valence-electron chi connectivity index (χ0n) is 16.9. The second kappa shape index (κ2) is 10.9. The van der Waals surface area contributed by atoms with Gasteiger partial charge in [-0.05, 0) is 39.3 Å². The van der Waals surface area contributed by atoms with E-state index in [1.54, 1.807) is 7.11 Å². The highest BCUT2D eigenvalue weighted by atomic mass is 16.5. The Morgan fingerprint density at radius 1 is 1.30 bits per heavy atom. The number of hydrogen-bond acceptors (Lipinski definition) is 4. The van der Waals surface area contributed by atoms with E-state index in [4.69, 9.17) is 4.74 Å². The van der Waals surface area contributed by atoms with Crippen molar-refractivity contribution in [2.24, 2.45) is 0 Å². The van der Waals surface area contributed by atoms with E-state index in [1.807, 2.05) is 41.1 Å². The molecular weight excluding hydrogens is 342 g/mol. The van der Waals surface area contributed by atoms with E-state index in [-0.39, 0.29) is 17.9 Å². The molecule has 2 amide bonds. The molecule has 6 nitrogen and oxygen atoms in total. The van der Waals surface area contributed by atoms with Crippen molar-refractivity contribution in [1.29, 1.82) is 0 Å². The van der Waals surface area contributed by atoms with Crippen LogP contribution in [0.3, 0.4) is 0 Å². The van der Waals surface area contributed by atoms with Crippen LogP contribution >= 0.6 is 0 Å². The van der Waals surface area contributed by atoms with Gasteiger partial charge in [0.25, 0.3) is 0 Å². The van der Waals surface area contributed by atoms with Crippen molar-refractivity contribution in [3.63, 3.8) is 0 Å². The van der Waals surface area contributed by atoms with Crippen molar-refractivity contribution in [3.05, 3.63) is 29.8 Å². The van der Waals surface area contributed by atoms with Gasteiger partial charge in [0.1, 0.15) is 5.75 Å². The monoisotopic (exact) mass is 375 g/mol. The number of hydrogen-bond donors (Lipinski definition) is 1. The van der Waals surface area contributed by atoms with Crippen molar-refractivity contribution >= 4 is 11.8 Å². The zero-order chi connectivity index (χ0) is 19.6. The molecule has 1 fully saturated rings. The van der Waals surface area contributed by atoms with Gasteiger partial charge in [-0.3, -0.25) is 14.5 Å². The number of rotatable bonds is 9. The minimum absolute atomic E-state index is 0.00133. The lowest BCUT2D eigenvalue weighted by molar-refractivity contribution is -0.130. The number of carbonyl (C=O) groups excluding carboxylic acids is 2. The van der Waals surface area contributed by atoms with Crippen LogP contribution in [0.2, 0.25) is 0 Å². The molecule has 2 rings (SSSR count). The van der Waals surface area contributed by atoms with Gasteiger partial charge < -0.3 is 15.0 Å². The molecule has 1 atom stereocenters. The average molecular weight is 376 g/mol. The third-order valence-corrected chi connectivity index (χ3v) is 5.24. The topological polar surface area (TPSA) is 61.9 Å². The first-order valence-electron chi connectivity index (χ1n) is 9.90. The number of likely N-dealkylation sites (tertiary alicyclic amines) is 1. The Balaban J connectivity index is 1.72. The van der Waals surface area contributed by atoms with Crippen LogP contribution in [0.15, 0.2) is 24.3 Å². The van der Waals surface area contributed by atoms with Gasteiger partial charge in [-0.2, -0.15) is 0 Å². The molecule has 150 valence electrons. The van der Waals surface area contributed by atoms with Crippen molar-refractivity contribution < 1.29 is 14.3 Å². The highest BCUT2D eigenvalue weighted by Gasteiger charge is 2.18. The maximum absolute atomic E-state index is 12.2. The van der Waals surface area contributed by atoms with Crippen molar-refractivity contribution in [2.75, 3.05) is 40.3 Å². The van der Waals surface area contributed by atoms with E-state index in [0.29, 0.717) is 19.5 Å². The molecular formula is C21H33N3O3. The molecule has 0 radical (unpaired) electrons. The first-order chi connectivity index (χ1) is 13.0. The Labute approximate surface area is 162 Å². The van der Waals surface area contributed by atoms with Crippen LogP contribution in [-0.2, 0) is 9.59 Å². The Morgan fingerprint density at radius 3 is 2.85 bits per heavy atom. The lowest BCUT2D eigenvalue weighted by Crippen LogP contribution is -2.38. The normalized spacial score (nSPS) is 16.1. The van der Waals surface area contributed by atoms with Gasteiger partial charge in [0, 0.05) is 37.7 Å². The predicted octanol–water partition coefficient (Wildman–Crippen LogP) is 2.60. The van der Waals surface area contributed by atoms with Gasteiger partial charge in [0.15, 0.2) is 0 Å². The molecule has 6 heteroatoms. The summed E-state index contributed by atoms with van der Waals surface area (Å²) in [5.41, 5.74) is 1.06. The molecule has 0 bridgehead atoms. The molecule has 1 aliphatic rings. The summed E-state index contributed by atoms with van der Waals surface area (Å²) in [6.45, 7) is 4.57. The molecule has 1 heterocycles. The number of ether oxygens (including phenoxy) is 1. The lowest BCUT2D eigenvalue weighted by Gasteiger charge is -2.26.